The minimum Gasteiger partial charge on any atom is -0.389 e. The molecule has 1 heterocycles. The standard InChI is InChI=1S/C27H52N2O3/c1-4-7-8-9-10-11-12-13-14-15-16-21-32-25-27(30)26(29(17-5-2)18-6-3)24-28-19-22-31-23-20-28/h5-6,26-27,30H,2-4,7-25H2,1H3/t26-,27-/m1/s1. The third-order valence-electron chi connectivity index (χ3n) is 6.37. The van der Waals surface area contributed by atoms with Gasteiger partial charge in [-0.2, -0.15) is 0 Å². The van der Waals surface area contributed by atoms with Crippen LogP contribution in [0.4, 0.5) is 0 Å². The zero-order valence-electron chi connectivity index (χ0n) is 21.0. The largest absolute Gasteiger partial charge is 0.389 e. The smallest absolute Gasteiger partial charge is 0.0941 e. The third kappa shape index (κ3) is 14.4. The second-order valence-corrected chi connectivity index (χ2v) is 9.19. The van der Waals surface area contributed by atoms with Crippen molar-refractivity contribution >= 4 is 0 Å². The van der Waals surface area contributed by atoms with Crippen molar-refractivity contribution in [1.82, 2.24) is 9.80 Å². The highest BCUT2D eigenvalue weighted by Crippen LogP contribution is 2.13. The second kappa shape index (κ2) is 20.9. The lowest BCUT2D eigenvalue weighted by atomic mass is 10.1. The highest BCUT2D eigenvalue weighted by atomic mass is 16.5. The van der Waals surface area contributed by atoms with Crippen molar-refractivity contribution in [2.75, 3.05) is 59.2 Å². The quantitative estimate of drug-likeness (QED) is 0.184. The zero-order valence-corrected chi connectivity index (χ0v) is 21.0. The summed E-state index contributed by atoms with van der Waals surface area (Å²) < 4.78 is 11.4. The van der Waals surface area contributed by atoms with Gasteiger partial charge in [-0.15, -0.1) is 13.2 Å². The van der Waals surface area contributed by atoms with Crippen LogP contribution in [-0.2, 0) is 9.47 Å². The number of aliphatic hydroxyl groups is 1. The van der Waals surface area contributed by atoms with Gasteiger partial charge >= 0.3 is 0 Å². The summed E-state index contributed by atoms with van der Waals surface area (Å²) >= 11 is 0. The summed E-state index contributed by atoms with van der Waals surface area (Å²) in [6.45, 7) is 16.8. The van der Waals surface area contributed by atoms with Crippen LogP contribution >= 0.6 is 0 Å². The molecule has 1 N–H and O–H groups in total. The number of rotatable bonds is 22. The van der Waals surface area contributed by atoms with Crippen molar-refractivity contribution in [1.29, 1.82) is 0 Å². The highest BCUT2D eigenvalue weighted by molar-refractivity contribution is 4.90. The average molecular weight is 453 g/mol. The van der Waals surface area contributed by atoms with Crippen LogP contribution in [-0.4, -0.2) is 86.2 Å². The third-order valence-corrected chi connectivity index (χ3v) is 6.37. The maximum atomic E-state index is 10.9. The molecule has 188 valence electrons. The molecule has 1 saturated heterocycles. The number of hydrogen-bond acceptors (Lipinski definition) is 5. The Balaban J connectivity index is 2.21. The average Bonchev–Trinajstić information content (AvgIpc) is 2.81. The normalized spacial score (nSPS) is 16.8. The van der Waals surface area contributed by atoms with E-state index in [9.17, 15) is 5.11 Å². The molecule has 1 fully saturated rings. The van der Waals surface area contributed by atoms with Crippen LogP contribution < -0.4 is 0 Å². The SMILES string of the molecule is C=CCN(CC=C)[C@H](CN1CCOCC1)[C@H](O)COCCCCCCCCCCCCC. The molecule has 0 saturated carbocycles. The van der Waals surface area contributed by atoms with Gasteiger partial charge in [0.15, 0.2) is 0 Å². The zero-order chi connectivity index (χ0) is 23.3. The first-order valence-electron chi connectivity index (χ1n) is 13.2. The van der Waals surface area contributed by atoms with Crippen LogP contribution in [0.15, 0.2) is 25.3 Å². The molecule has 5 nitrogen and oxygen atoms in total. The van der Waals surface area contributed by atoms with Gasteiger partial charge in [0.2, 0.25) is 0 Å². The number of aliphatic hydroxyl groups excluding tert-OH is 1. The molecule has 0 unspecified atom stereocenters. The van der Waals surface area contributed by atoms with Gasteiger partial charge in [0.25, 0.3) is 0 Å². The van der Waals surface area contributed by atoms with Gasteiger partial charge < -0.3 is 14.6 Å². The molecule has 0 aromatic heterocycles. The van der Waals surface area contributed by atoms with Gasteiger partial charge in [-0.05, 0) is 6.42 Å². The van der Waals surface area contributed by atoms with Crippen molar-refractivity contribution < 1.29 is 14.6 Å². The van der Waals surface area contributed by atoms with Crippen molar-refractivity contribution in [3.63, 3.8) is 0 Å². The van der Waals surface area contributed by atoms with Gasteiger partial charge in [-0.3, -0.25) is 9.80 Å². The van der Waals surface area contributed by atoms with E-state index in [1.807, 2.05) is 12.2 Å². The van der Waals surface area contributed by atoms with Gasteiger partial charge in [-0.25, -0.2) is 0 Å². The minimum atomic E-state index is -0.523. The van der Waals surface area contributed by atoms with E-state index in [2.05, 4.69) is 29.9 Å². The van der Waals surface area contributed by atoms with Crippen LogP contribution in [0.3, 0.4) is 0 Å². The summed E-state index contributed by atoms with van der Waals surface area (Å²) in [7, 11) is 0. The molecular weight excluding hydrogens is 400 g/mol. The second-order valence-electron chi connectivity index (χ2n) is 9.19. The number of nitrogens with zero attached hydrogens (tertiary/aromatic N) is 2. The van der Waals surface area contributed by atoms with Crippen molar-refractivity contribution in [2.24, 2.45) is 0 Å². The van der Waals surface area contributed by atoms with E-state index in [0.29, 0.717) is 6.61 Å². The Kier molecular flexibility index (Phi) is 19.1. The van der Waals surface area contributed by atoms with Crippen molar-refractivity contribution in [3.05, 3.63) is 25.3 Å². The van der Waals surface area contributed by atoms with E-state index in [0.717, 1.165) is 59.0 Å². The maximum Gasteiger partial charge on any atom is 0.0941 e. The van der Waals surface area contributed by atoms with E-state index in [-0.39, 0.29) is 6.04 Å². The molecular formula is C27H52N2O3. The van der Waals surface area contributed by atoms with Crippen LogP contribution in [0.5, 0.6) is 0 Å². The maximum absolute atomic E-state index is 10.9. The topological polar surface area (TPSA) is 45.2 Å². The van der Waals surface area contributed by atoms with Crippen LogP contribution in [0, 0.1) is 0 Å². The number of hydrogen-bond donors (Lipinski definition) is 1. The molecule has 2 atom stereocenters. The van der Waals surface area contributed by atoms with E-state index in [1.165, 1.54) is 64.2 Å². The molecule has 32 heavy (non-hydrogen) atoms. The summed E-state index contributed by atoms with van der Waals surface area (Å²) in [5, 5.41) is 10.9. The molecule has 0 aromatic rings. The lowest BCUT2D eigenvalue weighted by Gasteiger charge is -2.38. The van der Waals surface area contributed by atoms with E-state index in [4.69, 9.17) is 9.47 Å². The van der Waals surface area contributed by atoms with Gasteiger partial charge in [0.1, 0.15) is 0 Å². The molecule has 0 aromatic carbocycles. The lowest BCUT2D eigenvalue weighted by Crippen LogP contribution is -2.53. The Morgan fingerprint density at radius 1 is 0.906 bits per heavy atom. The Labute approximate surface area is 198 Å². The van der Waals surface area contributed by atoms with Crippen molar-refractivity contribution in [3.8, 4) is 0 Å². The van der Waals surface area contributed by atoms with Crippen LogP contribution in [0.1, 0.15) is 77.6 Å². The van der Waals surface area contributed by atoms with Gasteiger partial charge in [-0.1, -0.05) is 83.3 Å². The predicted octanol–water partition coefficient (Wildman–Crippen LogP) is 5.05. The number of ether oxygens (including phenoxy) is 2. The first kappa shape index (κ1) is 29.3. The Bertz CT molecular complexity index is 431. The van der Waals surface area contributed by atoms with Gasteiger partial charge in [0.05, 0.1) is 32.0 Å². The summed E-state index contributed by atoms with van der Waals surface area (Å²) in [6, 6.07) is 0.00132. The minimum absolute atomic E-state index is 0.00132. The molecule has 1 aliphatic rings. The Morgan fingerprint density at radius 3 is 1.97 bits per heavy atom. The fourth-order valence-electron chi connectivity index (χ4n) is 4.39. The molecule has 0 bridgehead atoms. The first-order valence-corrected chi connectivity index (χ1v) is 13.2. The van der Waals surface area contributed by atoms with E-state index in [1.54, 1.807) is 0 Å². The molecule has 1 aliphatic heterocycles. The summed E-state index contributed by atoms with van der Waals surface area (Å²) in [4.78, 5) is 4.62. The number of morpholine rings is 1. The lowest BCUT2D eigenvalue weighted by molar-refractivity contribution is -0.0364. The van der Waals surface area contributed by atoms with E-state index >= 15 is 0 Å². The molecule has 5 heteroatoms. The Hall–Kier alpha value is -0.720. The fraction of sp³-hybridized carbons (Fsp3) is 0.852. The molecule has 1 rings (SSSR count). The van der Waals surface area contributed by atoms with Crippen LogP contribution in [0.25, 0.3) is 0 Å². The summed E-state index contributed by atoms with van der Waals surface area (Å²) in [6.07, 6.45) is 17.9. The molecule has 0 aliphatic carbocycles. The molecule has 0 radical (unpaired) electrons. The predicted molar refractivity (Wildman–Crippen MR) is 136 cm³/mol. The molecule has 0 amide bonds. The Morgan fingerprint density at radius 2 is 1.44 bits per heavy atom. The van der Waals surface area contributed by atoms with Gasteiger partial charge in [0, 0.05) is 39.3 Å². The van der Waals surface area contributed by atoms with Crippen LogP contribution in [0.2, 0.25) is 0 Å². The van der Waals surface area contributed by atoms with Crippen molar-refractivity contribution in [2.45, 2.75) is 89.7 Å². The summed E-state index contributed by atoms with van der Waals surface area (Å²) in [5.74, 6) is 0. The summed E-state index contributed by atoms with van der Waals surface area (Å²) in [5.41, 5.74) is 0. The monoisotopic (exact) mass is 452 g/mol. The van der Waals surface area contributed by atoms with E-state index < -0.39 is 6.10 Å². The number of unbranched alkanes of at least 4 members (excludes halogenated alkanes) is 10. The molecule has 0 spiro atoms. The highest BCUT2D eigenvalue weighted by Gasteiger charge is 2.28. The first-order chi connectivity index (χ1) is 15.7. The fourth-order valence-corrected chi connectivity index (χ4v) is 4.39.